The summed E-state index contributed by atoms with van der Waals surface area (Å²) in [7, 11) is 1.41. The minimum Gasteiger partial charge on any atom is -0.462 e. The van der Waals surface area contributed by atoms with Crippen LogP contribution in [0.4, 0.5) is 0 Å². The molecule has 1 saturated carbocycles. The van der Waals surface area contributed by atoms with Gasteiger partial charge in [0.1, 0.15) is 19.8 Å². The Balaban J connectivity index is 1.60. The van der Waals surface area contributed by atoms with E-state index in [-0.39, 0.29) is 19.6 Å². The lowest BCUT2D eigenvalue weighted by molar-refractivity contribution is -0.870. The van der Waals surface area contributed by atoms with Crippen molar-refractivity contribution in [1.29, 1.82) is 0 Å². The first-order valence-electron chi connectivity index (χ1n) is 16.8. The van der Waals surface area contributed by atoms with Crippen molar-refractivity contribution < 1.29 is 42.1 Å². The molecule has 1 aliphatic rings. The number of benzene rings is 1. The maximum absolute atomic E-state index is 12.6. The number of quaternary nitrogens is 1. The van der Waals surface area contributed by atoms with Crippen LogP contribution in [0.2, 0.25) is 0 Å². The second-order valence-electron chi connectivity index (χ2n) is 13.3. The van der Waals surface area contributed by atoms with Gasteiger partial charge in [0.15, 0.2) is 6.10 Å². The molecular formula is C34H59NO8P+. The molecule has 0 radical (unpaired) electrons. The molecule has 4 atom stereocenters. The molecule has 0 amide bonds. The Hall–Kier alpha value is -1.77. The number of hydrogen-bond donors (Lipinski definition) is 1. The molecular weight excluding hydrogens is 581 g/mol. The molecule has 0 saturated heterocycles. The zero-order valence-corrected chi connectivity index (χ0v) is 28.6. The molecule has 9 nitrogen and oxygen atoms in total. The summed E-state index contributed by atoms with van der Waals surface area (Å²) in [5.41, 5.74) is 0.310. The van der Waals surface area contributed by atoms with Crippen LogP contribution in [0.5, 0.6) is 0 Å². The molecule has 10 heteroatoms. The summed E-state index contributed by atoms with van der Waals surface area (Å²) in [6.07, 6.45) is 16.9. The van der Waals surface area contributed by atoms with E-state index in [1.807, 2.05) is 21.1 Å². The maximum atomic E-state index is 12.6. The normalized spacial score (nSPS) is 18.4. The fourth-order valence-electron chi connectivity index (χ4n) is 5.22. The van der Waals surface area contributed by atoms with Crippen molar-refractivity contribution in [3.8, 4) is 0 Å². The molecule has 0 spiro atoms. The monoisotopic (exact) mass is 640 g/mol. The van der Waals surface area contributed by atoms with E-state index in [0.29, 0.717) is 16.6 Å². The van der Waals surface area contributed by atoms with Gasteiger partial charge in [0.25, 0.3) is 0 Å². The quantitative estimate of drug-likeness (QED) is 0.0475. The van der Waals surface area contributed by atoms with Crippen molar-refractivity contribution in [2.45, 2.75) is 109 Å². The number of esters is 2. The lowest BCUT2D eigenvalue weighted by Crippen LogP contribution is -2.37. The van der Waals surface area contributed by atoms with Crippen molar-refractivity contribution in [3.05, 3.63) is 35.9 Å². The molecule has 1 aromatic rings. The summed E-state index contributed by atoms with van der Waals surface area (Å²) in [5.74, 6) is 0.965. The molecule has 0 bridgehead atoms. The van der Waals surface area contributed by atoms with E-state index in [4.69, 9.17) is 18.5 Å². The molecule has 0 heterocycles. The van der Waals surface area contributed by atoms with Crippen LogP contribution < -0.4 is 0 Å². The van der Waals surface area contributed by atoms with Crippen LogP contribution in [0.3, 0.4) is 0 Å². The van der Waals surface area contributed by atoms with E-state index < -0.39 is 32.5 Å². The molecule has 3 unspecified atom stereocenters. The number of rotatable bonds is 26. The van der Waals surface area contributed by atoms with E-state index >= 15 is 0 Å². The van der Waals surface area contributed by atoms with Gasteiger partial charge in [-0.05, 0) is 36.8 Å². The molecule has 1 aliphatic carbocycles. The highest BCUT2D eigenvalue weighted by Gasteiger charge is 2.35. The minimum absolute atomic E-state index is 0.0148. The Kier molecular flexibility index (Phi) is 18.4. The second kappa shape index (κ2) is 21.1. The van der Waals surface area contributed by atoms with E-state index in [1.54, 1.807) is 30.3 Å². The van der Waals surface area contributed by atoms with Crippen molar-refractivity contribution in [2.24, 2.45) is 11.8 Å². The van der Waals surface area contributed by atoms with Crippen LogP contribution >= 0.6 is 7.82 Å². The molecule has 0 aromatic heterocycles. The molecule has 1 N–H and O–H groups in total. The standard InChI is InChI=1S/C34H58NO8P/c1-5-6-7-14-21-30-26-31(30)22-15-11-9-8-10-12-18-23-33(36)40-27-32(43-34(37)29-19-16-13-17-20-29)28-42-44(38,39)41-25-24-35(2,3)4/h13,16-17,19-20,30-32H,5-12,14-15,18,21-28H2,1-4H3/p+1/t30?,31?,32-/m1/s1. The molecule has 0 aliphatic heterocycles. The summed E-state index contributed by atoms with van der Waals surface area (Å²) in [6.45, 7) is 2.05. The number of carbonyl (C=O) groups is 2. The number of phosphoric acid groups is 1. The highest BCUT2D eigenvalue weighted by atomic mass is 31.2. The maximum Gasteiger partial charge on any atom is 0.472 e. The van der Waals surface area contributed by atoms with Crippen molar-refractivity contribution in [2.75, 3.05) is 47.5 Å². The van der Waals surface area contributed by atoms with E-state index in [2.05, 4.69) is 6.92 Å². The zero-order valence-electron chi connectivity index (χ0n) is 27.8. The molecule has 44 heavy (non-hydrogen) atoms. The Bertz CT molecular complexity index is 983. The Morgan fingerprint density at radius 1 is 0.864 bits per heavy atom. The van der Waals surface area contributed by atoms with Crippen LogP contribution in [-0.4, -0.2) is 74.9 Å². The summed E-state index contributed by atoms with van der Waals surface area (Å²) >= 11 is 0. The third-order valence-electron chi connectivity index (χ3n) is 8.11. The highest BCUT2D eigenvalue weighted by Crippen LogP contribution is 2.46. The van der Waals surface area contributed by atoms with Gasteiger partial charge in [-0.25, -0.2) is 9.36 Å². The van der Waals surface area contributed by atoms with Crippen LogP contribution in [0.15, 0.2) is 30.3 Å². The molecule has 2 rings (SSSR count). The molecule has 1 aromatic carbocycles. The highest BCUT2D eigenvalue weighted by molar-refractivity contribution is 7.47. The van der Waals surface area contributed by atoms with E-state index in [9.17, 15) is 19.0 Å². The first-order chi connectivity index (χ1) is 21.0. The summed E-state index contributed by atoms with van der Waals surface area (Å²) in [4.78, 5) is 35.0. The number of likely N-dealkylation sites (N-methyl/N-ethyl adjacent to an activating group) is 1. The van der Waals surface area contributed by atoms with Gasteiger partial charge < -0.3 is 18.9 Å². The molecule has 1 fully saturated rings. The summed E-state index contributed by atoms with van der Waals surface area (Å²) in [5, 5.41) is 0. The zero-order chi connectivity index (χ0) is 32.3. The van der Waals surface area contributed by atoms with Gasteiger partial charge in [0, 0.05) is 6.42 Å². The van der Waals surface area contributed by atoms with E-state index in [0.717, 1.165) is 31.1 Å². The number of ether oxygens (including phenoxy) is 2. The average molecular weight is 641 g/mol. The van der Waals surface area contributed by atoms with Crippen molar-refractivity contribution in [3.63, 3.8) is 0 Å². The predicted octanol–water partition coefficient (Wildman–Crippen LogP) is 7.71. The first kappa shape index (κ1) is 38.4. The first-order valence-corrected chi connectivity index (χ1v) is 18.3. The van der Waals surface area contributed by atoms with Crippen LogP contribution in [0.1, 0.15) is 114 Å². The summed E-state index contributed by atoms with van der Waals surface area (Å²) in [6, 6.07) is 8.36. The van der Waals surface area contributed by atoms with Gasteiger partial charge in [0.2, 0.25) is 0 Å². The number of carbonyl (C=O) groups excluding carboxylic acids is 2. The van der Waals surface area contributed by atoms with Gasteiger partial charge in [-0.15, -0.1) is 0 Å². The lowest BCUT2D eigenvalue weighted by atomic mass is 10.0. The topological polar surface area (TPSA) is 108 Å². The second-order valence-corrected chi connectivity index (χ2v) is 14.8. The number of phosphoric ester groups is 1. The summed E-state index contributed by atoms with van der Waals surface area (Å²) < 4.78 is 33.8. The average Bonchev–Trinajstić information content (AvgIpc) is 3.73. The SMILES string of the molecule is CCCCCCC1CC1CCCCCCCCCC(=O)OC[C@H](COP(=O)(O)OCC[N+](C)(C)C)OC(=O)c1ccccc1. The Morgan fingerprint density at radius 3 is 2.07 bits per heavy atom. The van der Waals surface area contributed by atoms with Gasteiger partial charge in [-0.1, -0.05) is 102 Å². The van der Waals surface area contributed by atoms with Gasteiger partial charge in [-0.2, -0.15) is 0 Å². The smallest absolute Gasteiger partial charge is 0.462 e. The van der Waals surface area contributed by atoms with Crippen LogP contribution in [-0.2, 0) is 27.9 Å². The van der Waals surface area contributed by atoms with Gasteiger partial charge in [0.05, 0.1) is 33.3 Å². The van der Waals surface area contributed by atoms with Gasteiger partial charge in [-0.3, -0.25) is 13.8 Å². The number of nitrogens with zero attached hydrogens (tertiary/aromatic N) is 1. The van der Waals surface area contributed by atoms with E-state index in [1.165, 1.54) is 70.6 Å². The van der Waals surface area contributed by atoms with Crippen LogP contribution in [0.25, 0.3) is 0 Å². The third kappa shape index (κ3) is 18.9. The van der Waals surface area contributed by atoms with Crippen molar-refractivity contribution in [1.82, 2.24) is 0 Å². The Morgan fingerprint density at radius 2 is 1.45 bits per heavy atom. The van der Waals surface area contributed by atoms with Crippen molar-refractivity contribution >= 4 is 19.8 Å². The predicted molar refractivity (Wildman–Crippen MR) is 173 cm³/mol. The fraction of sp³-hybridized carbons (Fsp3) is 0.765. The minimum atomic E-state index is -4.38. The number of hydrogen-bond acceptors (Lipinski definition) is 7. The van der Waals surface area contributed by atoms with Gasteiger partial charge >= 0.3 is 19.8 Å². The third-order valence-corrected chi connectivity index (χ3v) is 9.09. The molecule has 252 valence electrons. The fourth-order valence-corrected chi connectivity index (χ4v) is 5.96. The Labute approximate surface area is 266 Å². The van der Waals surface area contributed by atoms with Crippen LogP contribution in [0, 0.1) is 11.8 Å². The lowest BCUT2D eigenvalue weighted by Gasteiger charge is -2.24. The largest absolute Gasteiger partial charge is 0.472 e. The number of unbranched alkanes of at least 4 members (excludes halogenated alkanes) is 9.